The van der Waals surface area contributed by atoms with E-state index in [1.165, 1.54) is 13.8 Å². The van der Waals surface area contributed by atoms with E-state index in [0.717, 1.165) is 27.1 Å². The number of rotatable bonds is 22. The Bertz CT molecular complexity index is 1770. The van der Waals surface area contributed by atoms with Crippen LogP contribution in [0.2, 0.25) is 0 Å². The Labute approximate surface area is 317 Å². The van der Waals surface area contributed by atoms with Crippen molar-refractivity contribution < 1.29 is 28.8 Å². The van der Waals surface area contributed by atoms with E-state index in [-0.39, 0.29) is 18.8 Å². The van der Waals surface area contributed by atoms with Crippen LogP contribution in [0.5, 0.6) is 0 Å². The Balaban J connectivity index is 1.91. The van der Waals surface area contributed by atoms with Gasteiger partial charge in [-0.3, -0.25) is 28.8 Å². The van der Waals surface area contributed by atoms with Gasteiger partial charge in [0.05, 0.1) is 0 Å². The minimum absolute atomic E-state index is 0.0581. The maximum absolute atomic E-state index is 14.1. The lowest BCUT2D eigenvalue weighted by atomic mass is 9.97. The van der Waals surface area contributed by atoms with Crippen molar-refractivity contribution in [3.05, 3.63) is 60.2 Å². The van der Waals surface area contributed by atoms with Gasteiger partial charge in [0.25, 0.3) is 0 Å². The summed E-state index contributed by atoms with van der Waals surface area (Å²) in [5.41, 5.74) is 17.7. The molecular weight excluding hydrogens is 688 g/mol. The Kier molecular flexibility index (Phi) is 17.3. The number of benzene rings is 3. The molecule has 0 bridgehead atoms. The second-order valence-corrected chi connectivity index (χ2v) is 14.0. The highest BCUT2D eigenvalue weighted by atomic mass is 16.2. The fourth-order valence-electron chi connectivity index (χ4n) is 6.26. The highest BCUT2D eigenvalue weighted by molar-refractivity contribution is 5.99. The number of fused-ring (bicyclic) bond motifs is 2. The maximum atomic E-state index is 14.1. The minimum Gasteiger partial charge on any atom is -0.368 e. The van der Waals surface area contributed by atoms with Gasteiger partial charge in [-0.25, -0.2) is 0 Å². The molecule has 54 heavy (non-hydrogen) atoms. The van der Waals surface area contributed by atoms with Crippen LogP contribution in [-0.2, 0) is 35.2 Å². The number of carbonyl (C=O) groups is 6. The summed E-state index contributed by atoms with van der Waals surface area (Å²) in [5, 5.41) is 17.7. The fraction of sp³-hybridized carbons (Fsp3) is 0.500. The molecule has 0 aliphatic carbocycles. The van der Waals surface area contributed by atoms with Crippen molar-refractivity contribution in [2.75, 3.05) is 13.1 Å². The first kappa shape index (κ1) is 43.3. The molecule has 6 atom stereocenters. The number of carbonyl (C=O) groups excluding carboxylic acids is 6. The Hall–Kier alpha value is -5.08. The van der Waals surface area contributed by atoms with Crippen molar-refractivity contribution in [3.63, 3.8) is 0 Å². The standard InChI is InChI=1S/C40H58N8O6/c1-5-24(2)35(36(43)50)48-39(53)33(15-9-11-19-42)46-40(54)34(21-27-16-17-30-22-28-12-6-7-13-29(28)23-31(30)20-27)47-37(51)25(3)44-38(52)32(45-26(4)49)14-8-10-18-41/h6-7,12-13,16-17,20,22-25,32-35H,5,8-11,14-15,18-19,21,41-42H2,1-4H3,(H2,43,50)(H,44,52)(H,45,49)(H,46,54)(H,47,51)(H,48,53)/t24-,25-,32-,33-,34-,35-/m0/s1. The van der Waals surface area contributed by atoms with Crippen LogP contribution in [0.3, 0.4) is 0 Å². The van der Waals surface area contributed by atoms with Gasteiger partial charge in [0, 0.05) is 13.3 Å². The van der Waals surface area contributed by atoms with E-state index in [0.29, 0.717) is 51.6 Å². The van der Waals surface area contributed by atoms with Crippen LogP contribution in [-0.4, -0.2) is 78.7 Å². The molecule has 0 fully saturated rings. The molecule has 0 saturated heterocycles. The SMILES string of the molecule is CC[C@H](C)[C@H](NC(=O)[C@H](CCCCN)NC(=O)[C@H](Cc1ccc2cc3ccccc3cc2c1)NC(=O)[C@H](C)NC(=O)[C@H](CCCCN)NC(C)=O)C(N)=O. The van der Waals surface area contributed by atoms with Gasteiger partial charge in [-0.15, -0.1) is 0 Å². The van der Waals surface area contributed by atoms with Crippen molar-refractivity contribution in [2.45, 2.75) is 109 Å². The van der Waals surface area contributed by atoms with E-state index in [1.54, 1.807) is 6.92 Å². The number of hydrogen-bond donors (Lipinski definition) is 8. The van der Waals surface area contributed by atoms with Crippen LogP contribution in [0, 0.1) is 5.92 Å². The number of nitrogens with two attached hydrogens (primary N) is 3. The lowest BCUT2D eigenvalue weighted by molar-refractivity contribution is -0.135. The zero-order chi connectivity index (χ0) is 39.8. The predicted molar refractivity (Wildman–Crippen MR) is 211 cm³/mol. The van der Waals surface area contributed by atoms with Crippen LogP contribution in [0.15, 0.2) is 54.6 Å². The zero-order valence-corrected chi connectivity index (χ0v) is 31.9. The van der Waals surface area contributed by atoms with Gasteiger partial charge in [0.1, 0.15) is 30.2 Å². The zero-order valence-electron chi connectivity index (χ0n) is 31.9. The monoisotopic (exact) mass is 746 g/mol. The van der Waals surface area contributed by atoms with Crippen LogP contribution in [0.1, 0.15) is 78.2 Å². The first-order valence-electron chi connectivity index (χ1n) is 18.9. The topological polar surface area (TPSA) is 241 Å². The van der Waals surface area contributed by atoms with Crippen LogP contribution in [0.4, 0.5) is 0 Å². The molecule has 0 radical (unpaired) electrons. The normalized spacial score (nSPS) is 14.6. The molecule has 294 valence electrons. The second-order valence-electron chi connectivity index (χ2n) is 14.0. The van der Waals surface area contributed by atoms with Crippen LogP contribution < -0.4 is 43.8 Å². The van der Waals surface area contributed by atoms with E-state index in [2.05, 4.69) is 38.7 Å². The largest absolute Gasteiger partial charge is 0.368 e. The van der Waals surface area contributed by atoms with E-state index in [4.69, 9.17) is 17.2 Å². The number of unbranched alkanes of at least 4 members (excludes halogenated alkanes) is 2. The van der Waals surface area contributed by atoms with Gasteiger partial charge in [0.15, 0.2) is 0 Å². The van der Waals surface area contributed by atoms with Crippen molar-refractivity contribution in [2.24, 2.45) is 23.1 Å². The summed E-state index contributed by atoms with van der Waals surface area (Å²) < 4.78 is 0. The molecule has 0 aromatic heterocycles. The van der Waals surface area contributed by atoms with Crippen molar-refractivity contribution in [1.82, 2.24) is 26.6 Å². The molecule has 14 nitrogen and oxygen atoms in total. The molecule has 0 aliphatic rings. The molecule has 0 heterocycles. The van der Waals surface area contributed by atoms with E-state index >= 15 is 0 Å². The smallest absolute Gasteiger partial charge is 0.243 e. The Morgan fingerprint density at radius 3 is 1.69 bits per heavy atom. The summed E-state index contributed by atoms with van der Waals surface area (Å²) in [5.74, 6) is -3.72. The molecule has 11 N–H and O–H groups in total. The van der Waals surface area contributed by atoms with Gasteiger partial charge in [-0.2, -0.15) is 0 Å². The molecule has 14 heteroatoms. The summed E-state index contributed by atoms with van der Waals surface area (Å²) >= 11 is 0. The first-order chi connectivity index (χ1) is 25.8. The summed E-state index contributed by atoms with van der Waals surface area (Å²) in [7, 11) is 0. The maximum Gasteiger partial charge on any atom is 0.243 e. The van der Waals surface area contributed by atoms with Crippen molar-refractivity contribution in [1.29, 1.82) is 0 Å². The molecule has 0 saturated carbocycles. The van der Waals surface area contributed by atoms with Gasteiger partial charge >= 0.3 is 0 Å². The van der Waals surface area contributed by atoms with Crippen molar-refractivity contribution in [3.8, 4) is 0 Å². The van der Waals surface area contributed by atoms with Gasteiger partial charge in [-0.1, -0.05) is 62.7 Å². The van der Waals surface area contributed by atoms with Gasteiger partial charge in [-0.05, 0) is 104 Å². The molecule has 0 unspecified atom stereocenters. The predicted octanol–water partition coefficient (Wildman–Crippen LogP) is 1.79. The summed E-state index contributed by atoms with van der Waals surface area (Å²) in [6.45, 7) is 7.28. The molecule has 0 aliphatic heterocycles. The second kappa shape index (κ2) is 21.6. The summed E-state index contributed by atoms with van der Waals surface area (Å²) in [6, 6.07) is 12.8. The van der Waals surface area contributed by atoms with E-state index < -0.39 is 65.7 Å². The van der Waals surface area contributed by atoms with Crippen molar-refractivity contribution >= 4 is 57.0 Å². The van der Waals surface area contributed by atoms with E-state index in [9.17, 15) is 28.8 Å². The molecule has 0 spiro atoms. The molecule has 6 amide bonds. The highest BCUT2D eigenvalue weighted by Gasteiger charge is 2.32. The van der Waals surface area contributed by atoms with E-state index in [1.807, 2.05) is 49.4 Å². The molecule has 3 aromatic rings. The number of primary amides is 1. The average molecular weight is 747 g/mol. The third-order valence-electron chi connectivity index (χ3n) is 9.63. The third kappa shape index (κ3) is 13.1. The summed E-state index contributed by atoms with van der Waals surface area (Å²) in [4.78, 5) is 78.6. The molecule has 3 rings (SSSR count). The first-order valence-corrected chi connectivity index (χ1v) is 18.9. The Morgan fingerprint density at radius 1 is 0.611 bits per heavy atom. The van der Waals surface area contributed by atoms with Gasteiger partial charge < -0.3 is 43.8 Å². The number of amides is 6. The Morgan fingerprint density at radius 2 is 1.13 bits per heavy atom. The molecular formula is C40H58N8O6. The van der Waals surface area contributed by atoms with Crippen LogP contribution >= 0.6 is 0 Å². The summed E-state index contributed by atoms with van der Waals surface area (Å²) in [6.07, 6.45) is 3.57. The third-order valence-corrected chi connectivity index (χ3v) is 9.63. The quantitative estimate of drug-likeness (QED) is 0.0556. The lowest BCUT2D eigenvalue weighted by Gasteiger charge is -2.27. The fourth-order valence-corrected chi connectivity index (χ4v) is 6.26. The lowest BCUT2D eigenvalue weighted by Crippen LogP contribution is -2.59. The minimum atomic E-state index is -1.17. The van der Waals surface area contributed by atoms with Gasteiger partial charge in [0.2, 0.25) is 35.4 Å². The molecule has 3 aromatic carbocycles. The average Bonchev–Trinajstić information content (AvgIpc) is 3.14. The van der Waals surface area contributed by atoms with Crippen LogP contribution in [0.25, 0.3) is 21.5 Å². The number of nitrogens with one attached hydrogen (secondary N) is 5. The highest BCUT2D eigenvalue weighted by Crippen LogP contribution is 2.24. The number of hydrogen-bond acceptors (Lipinski definition) is 8.